The third-order valence-corrected chi connectivity index (χ3v) is 1.93. The summed E-state index contributed by atoms with van der Waals surface area (Å²) in [5.41, 5.74) is 1.05. The second-order valence-electron chi connectivity index (χ2n) is 2.20. The van der Waals surface area contributed by atoms with E-state index >= 15 is 0 Å². The van der Waals surface area contributed by atoms with Gasteiger partial charge in [-0.25, -0.2) is 0 Å². The average molecular weight is 183 g/mol. The second-order valence-corrected chi connectivity index (χ2v) is 2.89. The summed E-state index contributed by atoms with van der Waals surface area (Å²) in [6.45, 7) is 1.39. The highest BCUT2D eigenvalue weighted by Crippen LogP contribution is 2.11. The Kier molecular flexibility index (Phi) is 3.60. The third-order valence-electron chi connectivity index (χ3n) is 1.12. The Morgan fingerprint density at radius 2 is 2.58 bits per heavy atom. The van der Waals surface area contributed by atoms with Crippen molar-refractivity contribution in [2.24, 2.45) is 0 Å². The molecule has 0 aliphatic heterocycles. The molecule has 1 rings (SSSR count). The third kappa shape index (κ3) is 3.39. The van der Waals surface area contributed by atoms with Crippen LogP contribution in [0.1, 0.15) is 12.5 Å². The lowest BCUT2D eigenvalue weighted by molar-refractivity contribution is -0.130. The van der Waals surface area contributed by atoms with Gasteiger partial charge in [0, 0.05) is 19.3 Å². The zero-order chi connectivity index (χ0) is 8.81. The molecule has 0 N–H and O–H groups in total. The maximum Gasteiger partial charge on any atom is 0.314 e. The molecular formula is C8H9NO2S. The molecule has 0 saturated heterocycles. The number of carbonyl (C=O) groups is 1. The molecule has 64 valence electrons. The van der Waals surface area contributed by atoms with Crippen molar-refractivity contribution in [1.29, 1.82) is 0 Å². The number of rotatable bonds is 3. The predicted octanol–water partition coefficient (Wildman–Crippen LogP) is 1.79. The van der Waals surface area contributed by atoms with Crippen molar-refractivity contribution in [3.63, 3.8) is 0 Å². The molecule has 1 heterocycles. The van der Waals surface area contributed by atoms with Gasteiger partial charge in [0.25, 0.3) is 0 Å². The molecule has 0 unspecified atom stereocenters. The fourth-order valence-electron chi connectivity index (χ4n) is 0.664. The van der Waals surface area contributed by atoms with Crippen molar-refractivity contribution in [2.45, 2.75) is 12.7 Å². The topological polar surface area (TPSA) is 39.2 Å². The minimum absolute atomic E-state index is 0.274. The summed E-state index contributed by atoms with van der Waals surface area (Å²) in [6, 6.07) is 3.78. The Morgan fingerprint density at radius 1 is 1.75 bits per heavy atom. The standard InChI is InChI=1S/C8H9NO2S/c1-7(10)11-12-6-8-3-2-4-9-5-8/h2-5H,6H2,1H3. The van der Waals surface area contributed by atoms with Gasteiger partial charge in [0.05, 0.1) is 17.8 Å². The molecule has 3 nitrogen and oxygen atoms in total. The Hall–Kier alpha value is -1.03. The summed E-state index contributed by atoms with van der Waals surface area (Å²) < 4.78 is 4.70. The maximum absolute atomic E-state index is 10.4. The van der Waals surface area contributed by atoms with Crippen LogP contribution in [0.15, 0.2) is 24.5 Å². The largest absolute Gasteiger partial charge is 0.391 e. The molecule has 0 saturated carbocycles. The number of hydrogen-bond acceptors (Lipinski definition) is 4. The first kappa shape index (κ1) is 9.06. The van der Waals surface area contributed by atoms with Crippen LogP contribution in [0.4, 0.5) is 0 Å². The van der Waals surface area contributed by atoms with E-state index in [4.69, 9.17) is 4.18 Å². The molecule has 4 heteroatoms. The van der Waals surface area contributed by atoms with Gasteiger partial charge in [-0.05, 0) is 11.6 Å². The quantitative estimate of drug-likeness (QED) is 0.670. The molecular weight excluding hydrogens is 174 g/mol. The van der Waals surface area contributed by atoms with E-state index < -0.39 is 0 Å². The first-order valence-corrected chi connectivity index (χ1v) is 4.39. The van der Waals surface area contributed by atoms with E-state index in [1.54, 1.807) is 12.4 Å². The van der Waals surface area contributed by atoms with Crippen LogP contribution >= 0.6 is 12.0 Å². The van der Waals surface area contributed by atoms with Gasteiger partial charge in [-0.15, -0.1) is 0 Å². The summed E-state index contributed by atoms with van der Waals surface area (Å²) in [4.78, 5) is 14.3. The van der Waals surface area contributed by atoms with Gasteiger partial charge in [0.2, 0.25) is 0 Å². The smallest absolute Gasteiger partial charge is 0.314 e. The van der Waals surface area contributed by atoms with Crippen molar-refractivity contribution in [3.05, 3.63) is 30.1 Å². The fraction of sp³-hybridized carbons (Fsp3) is 0.250. The van der Waals surface area contributed by atoms with E-state index in [1.165, 1.54) is 6.92 Å². The van der Waals surface area contributed by atoms with Crippen LogP contribution in [-0.4, -0.2) is 11.0 Å². The SMILES string of the molecule is CC(=O)OSCc1cccnc1. The summed E-state index contributed by atoms with van der Waals surface area (Å²) >= 11 is 1.12. The van der Waals surface area contributed by atoms with Gasteiger partial charge in [0.1, 0.15) is 0 Å². The number of nitrogens with zero attached hydrogens (tertiary/aromatic N) is 1. The first-order chi connectivity index (χ1) is 5.79. The Labute approximate surface area is 75.4 Å². The highest BCUT2D eigenvalue weighted by atomic mass is 32.2. The predicted molar refractivity (Wildman–Crippen MR) is 47.3 cm³/mol. The van der Waals surface area contributed by atoms with Crippen LogP contribution in [0.2, 0.25) is 0 Å². The van der Waals surface area contributed by atoms with Gasteiger partial charge in [-0.1, -0.05) is 6.07 Å². The van der Waals surface area contributed by atoms with Crippen LogP contribution in [0.5, 0.6) is 0 Å². The summed E-state index contributed by atoms with van der Waals surface area (Å²) in [5, 5.41) is 0. The van der Waals surface area contributed by atoms with Gasteiger partial charge in [-0.2, -0.15) is 0 Å². The minimum atomic E-state index is -0.274. The first-order valence-electron chi connectivity index (χ1n) is 3.48. The highest BCUT2D eigenvalue weighted by molar-refractivity contribution is 7.94. The molecule has 12 heavy (non-hydrogen) atoms. The zero-order valence-corrected chi connectivity index (χ0v) is 7.50. The Balaban J connectivity index is 2.29. The van der Waals surface area contributed by atoms with Crippen LogP contribution in [0.25, 0.3) is 0 Å². The minimum Gasteiger partial charge on any atom is -0.391 e. The fourth-order valence-corrected chi connectivity index (χ4v) is 1.20. The lowest BCUT2D eigenvalue weighted by Gasteiger charge is -1.98. The van der Waals surface area contributed by atoms with E-state index in [-0.39, 0.29) is 5.97 Å². The van der Waals surface area contributed by atoms with Crippen molar-refractivity contribution in [1.82, 2.24) is 4.98 Å². The Morgan fingerprint density at radius 3 is 3.17 bits per heavy atom. The molecule has 1 aromatic heterocycles. The van der Waals surface area contributed by atoms with Crippen LogP contribution in [-0.2, 0) is 14.7 Å². The Bertz CT molecular complexity index is 250. The molecule has 0 aromatic carbocycles. The van der Waals surface area contributed by atoms with Gasteiger partial charge < -0.3 is 4.18 Å². The molecule has 0 fully saturated rings. The maximum atomic E-state index is 10.4. The van der Waals surface area contributed by atoms with E-state index in [2.05, 4.69) is 4.98 Å². The molecule has 0 amide bonds. The zero-order valence-electron chi connectivity index (χ0n) is 6.69. The number of carbonyl (C=O) groups excluding carboxylic acids is 1. The molecule has 0 aliphatic rings. The number of hydrogen-bond donors (Lipinski definition) is 0. The van der Waals surface area contributed by atoms with Crippen molar-refractivity contribution in [3.8, 4) is 0 Å². The molecule has 1 aromatic rings. The van der Waals surface area contributed by atoms with Crippen molar-refractivity contribution < 1.29 is 8.98 Å². The summed E-state index contributed by atoms with van der Waals surface area (Å²) in [5.74, 6) is 0.372. The monoisotopic (exact) mass is 183 g/mol. The summed E-state index contributed by atoms with van der Waals surface area (Å²) in [6.07, 6.45) is 3.45. The second kappa shape index (κ2) is 4.77. The van der Waals surface area contributed by atoms with E-state index in [0.717, 1.165) is 17.6 Å². The summed E-state index contributed by atoms with van der Waals surface area (Å²) in [7, 11) is 0. The molecule has 0 spiro atoms. The van der Waals surface area contributed by atoms with E-state index in [1.807, 2.05) is 12.1 Å². The molecule has 0 atom stereocenters. The lowest BCUT2D eigenvalue weighted by Crippen LogP contribution is -1.90. The molecule has 0 aliphatic carbocycles. The lowest BCUT2D eigenvalue weighted by atomic mass is 10.3. The van der Waals surface area contributed by atoms with Crippen LogP contribution < -0.4 is 0 Å². The van der Waals surface area contributed by atoms with Gasteiger partial charge in [0.15, 0.2) is 0 Å². The van der Waals surface area contributed by atoms with E-state index in [9.17, 15) is 4.79 Å². The van der Waals surface area contributed by atoms with E-state index in [0.29, 0.717) is 5.75 Å². The molecule has 0 bridgehead atoms. The number of pyridine rings is 1. The van der Waals surface area contributed by atoms with Gasteiger partial charge >= 0.3 is 5.97 Å². The normalized spacial score (nSPS) is 9.42. The van der Waals surface area contributed by atoms with Crippen molar-refractivity contribution >= 4 is 18.0 Å². The van der Waals surface area contributed by atoms with Crippen LogP contribution in [0.3, 0.4) is 0 Å². The molecule has 0 radical (unpaired) electrons. The number of aromatic nitrogens is 1. The highest BCUT2D eigenvalue weighted by Gasteiger charge is 1.95. The average Bonchev–Trinajstić information content (AvgIpc) is 2.05. The van der Waals surface area contributed by atoms with Gasteiger partial charge in [-0.3, -0.25) is 9.78 Å². The van der Waals surface area contributed by atoms with Crippen molar-refractivity contribution in [2.75, 3.05) is 0 Å². The van der Waals surface area contributed by atoms with Crippen LogP contribution in [0, 0.1) is 0 Å².